The standard InChI is InChI=1S/C8H12N2S/c1-2-11-8-5-3-7(10-9)4-6-8/h3-6,10H,2,9H2,1H3. The Morgan fingerprint density at radius 3 is 2.45 bits per heavy atom. The molecule has 0 saturated carbocycles. The van der Waals surface area contributed by atoms with E-state index in [9.17, 15) is 0 Å². The van der Waals surface area contributed by atoms with Crippen LogP contribution < -0.4 is 11.3 Å². The Bertz CT molecular complexity index is 208. The molecule has 0 saturated heterocycles. The Morgan fingerprint density at radius 2 is 2.00 bits per heavy atom. The highest BCUT2D eigenvalue weighted by molar-refractivity contribution is 7.99. The summed E-state index contributed by atoms with van der Waals surface area (Å²) in [6.45, 7) is 2.14. The maximum absolute atomic E-state index is 5.22. The summed E-state index contributed by atoms with van der Waals surface area (Å²) in [5.41, 5.74) is 3.54. The monoisotopic (exact) mass is 168 g/mol. The summed E-state index contributed by atoms with van der Waals surface area (Å²) in [5.74, 6) is 6.32. The summed E-state index contributed by atoms with van der Waals surface area (Å²) in [7, 11) is 0. The number of anilines is 1. The van der Waals surface area contributed by atoms with Crippen LogP contribution in [-0.2, 0) is 0 Å². The number of nitrogen functional groups attached to an aromatic ring is 1. The third-order valence-electron chi connectivity index (χ3n) is 1.33. The number of hydrogen-bond donors (Lipinski definition) is 2. The van der Waals surface area contributed by atoms with E-state index in [0.717, 1.165) is 11.4 Å². The van der Waals surface area contributed by atoms with Gasteiger partial charge in [0.1, 0.15) is 0 Å². The Labute approximate surface area is 71.1 Å². The minimum absolute atomic E-state index is 0.949. The van der Waals surface area contributed by atoms with E-state index < -0.39 is 0 Å². The molecule has 0 aliphatic heterocycles. The average Bonchev–Trinajstić information content (AvgIpc) is 2.07. The molecule has 0 radical (unpaired) electrons. The molecule has 1 aromatic rings. The molecule has 11 heavy (non-hydrogen) atoms. The lowest BCUT2D eigenvalue weighted by Crippen LogP contribution is -2.05. The molecular weight excluding hydrogens is 156 g/mol. The van der Waals surface area contributed by atoms with Gasteiger partial charge in [0.05, 0.1) is 0 Å². The number of nitrogens with one attached hydrogen (secondary N) is 1. The van der Waals surface area contributed by atoms with E-state index in [4.69, 9.17) is 5.84 Å². The second-order valence-corrected chi connectivity index (χ2v) is 3.44. The number of hydrogen-bond acceptors (Lipinski definition) is 3. The number of rotatable bonds is 3. The van der Waals surface area contributed by atoms with Crippen LogP contribution in [-0.4, -0.2) is 5.75 Å². The molecule has 1 rings (SSSR count). The fourth-order valence-corrected chi connectivity index (χ4v) is 1.48. The predicted molar refractivity (Wildman–Crippen MR) is 50.7 cm³/mol. The van der Waals surface area contributed by atoms with Crippen LogP contribution in [0.25, 0.3) is 0 Å². The van der Waals surface area contributed by atoms with E-state index >= 15 is 0 Å². The van der Waals surface area contributed by atoms with Crippen LogP contribution in [0.2, 0.25) is 0 Å². The van der Waals surface area contributed by atoms with E-state index in [-0.39, 0.29) is 0 Å². The zero-order chi connectivity index (χ0) is 8.10. The molecule has 0 atom stereocenters. The van der Waals surface area contributed by atoms with Crippen LogP contribution in [0.4, 0.5) is 5.69 Å². The topological polar surface area (TPSA) is 38.0 Å². The van der Waals surface area contributed by atoms with Crippen molar-refractivity contribution in [2.75, 3.05) is 11.2 Å². The zero-order valence-corrected chi connectivity index (χ0v) is 7.32. The van der Waals surface area contributed by atoms with Gasteiger partial charge in [-0.3, -0.25) is 5.84 Å². The summed E-state index contributed by atoms with van der Waals surface area (Å²) in [6, 6.07) is 8.06. The first-order valence-corrected chi connectivity index (χ1v) is 4.55. The maximum atomic E-state index is 5.22. The first kappa shape index (κ1) is 8.43. The molecule has 2 nitrogen and oxygen atoms in total. The van der Waals surface area contributed by atoms with Crippen molar-refractivity contribution in [2.45, 2.75) is 11.8 Å². The van der Waals surface area contributed by atoms with Crippen LogP contribution >= 0.6 is 11.8 Å². The van der Waals surface area contributed by atoms with Crippen molar-refractivity contribution in [3.63, 3.8) is 0 Å². The van der Waals surface area contributed by atoms with Crippen molar-refractivity contribution in [1.29, 1.82) is 0 Å². The summed E-state index contributed by atoms with van der Waals surface area (Å²) in [6.07, 6.45) is 0. The third kappa shape index (κ3) is 2.44. The quantitative estimate of drug-likeness (QED) is 0.412. The van der Waals surface area contributed by atoms with E-state index in [0.29, 0.717) is 0 Å². The molecule has 0 aromatic heterocycles. The summed E-state index contributed by atoms with van der Waals surface area (Å²) < 4.78 is 0. The molecule has 0 spiro atoms. The van der Waals surface area contributed by atoms with E-state index in [2.05, 4.69) is 24.5 Å². The smallest absolute Gasteiger partial charge is 0.0485 e. The Morgan fingerprint density at radius 1 is 1.36 bits per heavy atom. The molecule has 0 heterocycles. The van der Waals surface area contributed by atoms with Gasteiger partial charge in [-0.05, 0) is 30.0 Å². The van der Waals surface area contributed by atoms with Gasteiger partial charge in [0, 0.05) is 10.6 Å². The molecule has 0 fully saturated rings. The molecule has 3 heteroatoms. The summed E-state index contributed by atoms with van der Waals surface area (Å²) in [4.78, 5) is 1.28. The molecule has 0 aliphatic carbocycles. The van der Waals surface area contributed by atoms with Crippen molar-refractivity contribution in [3.8, 4) is 0 Å². The van der Waals surface area contributed by atoms with Gasteiger partial charge in [-0.1, -0.05) is 6.92 Å². The largest absolute Gasteiger partial charge is 0.324 e. The fraction of sp³-hybridized carbons (Fsp3) is 0.250. The Hall–Kier alpha value is -0.670. The molecule has 0 unspecified atom stereocenters. The summed E-state index contributed by atoms with van der Waals surface area (Å²) >= 11 is 1.83. The van der Waals surface area contributed by atoms with Gasteiger partial charge in [0.25, 0.3) is 0 Å². The van der Waals surface area contributed by atoms with Crippen LogP contribution in [0.15, 0.2) is 29.2 Å². The molecule has 0 aliphatic rings. The highest BCUT2D eigenvalue weighted by Gasteiger charge is 1.90. The highest BCUT2D eigenvalue weighted by atomic mass is 32.2. The zero-order valence-electron chi connectivity index (χ0n) is 6.50. The number of benzene rings is 1. The van der Waals surface area contributed by atoms with Crippen LogP contribution in [0, 0.1) is 0 Å². The molecule has 3 N–H and O–H groups in total. The van der Waals surface area contributed by atoms with Crippen molar-refractivity contribution in [1.82, 2.24) is 0 Å². The van der Waals surface area contributed by atoms with Crippen molar-refractivity contribution in [3.05, 3.63) is 24.3 Å². The van der Waals surface area contributed by atoms with Gasteiger partial charge < -0.3 is 5.43 Å². The van der Waals surface area contributed by atoms with Gasteiger partial charge in [0.2, 0.25) is 0 Å². The first-order valence-electron chi connectivity index (χ1n) is 3.56. The molecular formula is C8H12N2S. The van der Waals surface area contributed by atoms with E-state index in [1.807, 2.05) is 23.9 Å². The van der Waals surface area contributed by atoms with Crippen LogP contribution in [0.1, 0.15) is 6.92 Å². The molecule has 60 valence electrons. The lowest BCUT2D eigenvalue weighted by atomic mass is 10.3. The molecule has 1 aromatic carbocycles. The maximum Gasteiger partial charge on any atom is 0.0485 e. The normalized spacial score (nSPS) is 9.64. The second-order valence-electron chi connectivity index (χ2n) is 2.10. The predicted octanol–water partition coefficient (Wildman–Crippen LogP) is 2.08. The van der Waals surface area contributed by atoms with Gasteiger partial charge in [-0.2, -0.15) is 0 Å². The first-order chi connectivity index (χ1) is 5.36. The van der Waals surface area contributed by atoms with E-state index in [1.54, 1.807) is 0 Å². The minimum Gasteiger partial charge on any atom is -0.324 e. The van der Waals surface area contributed by atoms with Gasteiger partial charge in [0.15, 0.2) is 0 Å². The minimum atomic E-state index is 0.949. The number of nitrogens with two attached hydrogens (primary N) is 1. The number of hydrazine groups is 1. The SMILES string of the molecule is CCSc1ccc(NN)cc1. The van der Waals surface area contributed by atoms with Gasteiger partial charge >= 0.3 is 0 Å². The van der Waals surface area contributed by atoms with Crippen LogP contribution in [0.5, 0.6) is 0 Å². The fourth-order valence-electron chi connectivity index (χ4n) is 0.814. The van der Waals surface area contributed by atoms with Crippen LogP contribution in [0.3, 0.4) is 0 Å². The Kier molecular flexibility index (Phi) is 3.26. The van der Waals surface area contributed by atoms with Crippen molar-refractivity contribution < 1.29 is 0 Å². The lowest BCUT2D eigenvalue weighted by Gasteiger charge is -2.00. The molecule has 0 bridgehead atoms. The molecule has 0 amide bonds. The Balaban J connectivity index is 2.66. The average molecular weight is 168 g/mol. The number of thioether (sulfide) groups is 1. The van der Waals surface area contributed by atoms with Crippen molar-refractivity contribution >= 4 is 17.4 Å². The lowest BCUT2D eigenvalue weighted by molar-refractivity contribution is 1.33. The highest BCUT2D eigenvalue weighted by Crippen LogP contribution is 2.18. The summed E-state index contributed by atoms with van der Waals surface area (Å²) in [5, 5.41) is 0. The van der Waals surface area contributed by atoms with Crippen molar-refractivity contribution in [2.24, 2.45) is 5.84 Å². The van der Waals surface area contributed by atoms with E-state index in [1.165, 1.54) is 4.90 Å². The third-order valence-corrected chi connectivity index (χ3v) is 2.23. The van der Waals surface area contributed by atoms with Gasteiger partial charge in [-0.15, -0.1) is 11.8 Å². The second kappa shape index (κ2) is 4.26. The van der Waals surface area contributed by atoms with Gasteiger partial charge in [-0.25, -0.2) is 0 Å².